The number of carbonyl (C=O) groups excluding carboxylic acids is 2. The van der Waals surface area contributed by atoms with E-state index in [1.54, 1.807) is 0 Å². The molecule has 210 valence electrons. The number of sulfone groups is 1. The molecule has 1 aromatic heterocycles. The fourth-order valence-electron chi connectivity index (χ4n) is 4.31. The number of anilines is 2. The van der Waals surface area contributed by atoms with E-state index in [1.807, 2.05) is 0 Å². The summed E-state index contributed by atoms with van der Waals surface area (Å²) < 4.78 is 90.3. The van der Waals surface area contributed by atoms with E-state index in [0.717, 1.165) is 17.0 Å². The van der Waals surface area contributed by atoms with Crippen molar-refractivity contribution < 1.29 is 39.6 Å². The average Bonchev–Trinajstić information content (AvgIpc) is 3.66. The van der Waals surface area contributed by atoms with E-state index in [2.05, 4.69) is 9.71 Å². The van der Waals surface area contributed by atoms with Crippen molar-refractivity contribution in [3.8, 4) is 0 Å². The van der Waals surface area contributed by atoms with Gasteiger partial charge in [-0.25, -0.2) is 26.5 Å². The molecular formula is C24H18ClF3N4O6S2. The van der Waals surface area contributed by atoms with Crippen LogP contribution in [0.3, 0.4) is 0 Å². The summed E-state index contributed by atoms with van der Waals surface area (Å²) in [6.45, 7) is -0.192. The van der Waals surface area contributed by atoms with Gasteiger partial charge in [0.15, 0.2) is 0 Å². The first-order chi connectivity index (χ1) is 18.7. The van der Waals surface area contributed by atoms with Crippen LogP contribution in [0.15, 0.2) is 76.8 Å². The van der Waals surface area contributed by atoms with Crippen molar-refractivity contribution in [1.82, 2.24) is 9.88 Å². The lowest BCUT2D eigenvalue weighted by Gasteiger charge is -2.23. The molecule has 2 fully saturated rings. The van der Waals surface area contributed by atoms with Crippen LogP contribution in [0, 0.1) is 0 Å². The normalized spacial score (nSPS) is 17.0. The number of pyridine rings is 1. The Morgan fingerprint density at radius 3 is 2.10 bits per heavy atom. The van der Waals surface area contributed by atoms with Gasteiger partial charge < -0.3 is 4.90 Å². The van der Waals surface area contributed by atoms with Crippen LogP contribution in [0.1, 0.15) is 18.4 Å². The second kappa shape index (κ2) is 9.45. The Hall–Kier alpha value is -3.69. The first kappa shape index (κ1) is 27.9. The number of hydrogen-bond donors (Lipinski definition) is 1. The molecule has 0 unspecified atom stereocenters. The highest BCUT2D eigenvalue weighted by atomic mass is 35.5. The van der Waals surface area contributed by atoms with Crippen LogP contribution in [-0.4, -0.2) is 49.7 Å². The van der Waals surface area contributed by atoms with Crippen LogP contribution in [0.5, 0.6) is 0 Å². The smallest absolute Gasteiger partial charge is 0.305 e. The fraction of sp³-hybridized carbons (Fsp3) is 0.208. The molecule has 3 amide bonds. The Kier molecular flexibility index (Phi) is 6.58. The first-order valence-corrected chi connectivity index (χ1v) is 14.8. The topological polar surface area (TPSA) is 134 Å². The van der Waals surface area contributed by atoms with Crippen molar-refractivity contribution in [3.63, 3.8) is 0 Å². The van der Waals surface area contributed by atoms with Gasteiger partial charge in [0.25, 0.3) is 25.8 Å². The van der Waals surface area contributed by atoms with Crippen molar-refractivity contribution in [2.24, 2.45) is 0 Å². The summed E-state index contributed by atoms with van der Waals surface area (Å²) in [5.41, 5.74) is -6.45. The number of benzene rings is 2. The molecule has 1 aliphatic heterocycles. The maximum absolute atomic E-state index is 13.4. The summed E-state index contributed by atoms with van der Waals surface area (Å²) in [7, 11) is -9.68. The lowest BCUT2D eigenvalue weighted by atomic mass is 10.1. The van der Waals surface area contributed by atoms with Gasteiger partial charge in [-0.3, -0.25) is 14.5 Å². The molecule has 1 aliphatic carbocycles. The Balaban J connectivity index is 1.42. The third-order valence-electron chi connectivity index (χ3n) is 6.58. The Bertz CT molecular complexity index is 1730. The zero-order valence-electron chi connectivity index (χ0n) is 20.1. The Morgan fingerprint density at radius 1 is 0.925 bits per heavy atom. The van der Waals surface area contributed by atoms with Crippen molar-refractivity contribution in [3.05, 3.63) is 77.6 Å². The summed E-state index contributed by atoms with van der Waals surface area (Å²) in [4.78, 5) is 31.6. The van der Waals surface area contributed by atoms with Crippen LogP contribution in [-0.2, 0) is 31.2 Å². The highest BCUT2D eigenvalue weighted by Crippen LogP contribution is 2.50. The Morgan fingerprint density at radius 2 is 1.52 bits per heavy atom. The van der Waals surface area contributed by atoms with E-state index in [-0.39, 0.29) is 22.8 Å². The molecule has 1 saturated heterocycles. The molecule has 1 saturated carbocycles. The number of halogens is 4. The van der Waals surface area contributed by atoms with Gasteiger partial charge in [-0.1, -0.05) is 11.6 Å². The van der Waals surface area contributed by atoms with E-state index in [9.17, 15) is 39.6 Å². The van der Waals surface area contributed by atoms with Gasteiger partial charge in [0.05, 0.1) is 33.9 Å². The number of amides is 3. The van der Waals surface area contributed by atoms with Gasteiger partial charge in [0.1, 0.15) is 5.54 Å². The van der Waals surface area contributed by atoms with Gasteiger partial charge >= 0.3 is 11.5 Å². The maximum Gasteiger partial charge on any atom is 0.501 e. The van der Waals surface area contributed by atoms with Crippen LogP contribution in [0.2, 0.25) is 5.02 Å². The minimum Gasteiger partial charge on any atom is -0.305 e. The van der Waals surface area contributed by atoms with E-state index < -0.39 is 47.7 Å². The molecule has 40 heavy (non-hydrogen) atoms. The molecule has 10 nitrogen and oxygen atoms in total. The number of rotatable bonds is 7. The van der Waals surface area contributed by atoms with Gasteiger partial charge in [0.2, 0.25) is 0 Å². The average molecular weight is 615 g/mol. The predicted molar refractivity (Wildman–Crippen MR) is 137 cm³/mol. The highest BCUT2D eigenvalue weighted by Gasteiger charge is 2.65. The number of aromatic nitrogens is 1. The number of alkyl halides is 3. The zero-order chi connectivity index (χ0) is 29.1. The maximum atomic E-state index is 13.4. The van der Waals surface area contributed by atoms with Crippen LogP contribution in [0.4, 0.5) is 29.3 Å². The van der Waals surface area contributed by atoms with Gasteiger partial charge in [-0.15, -0.1) is 0 Å². The molecule has 0 radical (unpaired) electrons. The lowest BCUT2D eigenvalue weighted by molar-refractivity contribution is -0.120. The summed E-state index contributed by atoms with van der Waals surface area (Å²) in [5.74, 6) is -0.624. The van der Waals surface area contributed by atoms with Crippen molar-refractivity contribution in [2.45, 2.75) is 40.2 Å². The van der Waals surface area contributed by atoms with E-state index in [0.29, 0.717) is 35.6 Å². The van der Waals surface area contributed by atoms with Crippen LogP contribution < -0.4 is 9.62 Å². The monoisotopic (exact) mass is 614 g/mol. The number of sulfonamides is 1. The minimum absolute atomic E-state index is 0.0636. The van der Waals surface area contributed by atoms with E-state index in [4.69, 9.17) is 11.6 Å². The number of nitrogens with one attached hydrogen (secondary N) is 1. The molecule has 16 heteroatoms. The minimum atomic E-state index is -5.62. The number of nitrogens with zero attached hydrogens (tertiary/aromatic N) is 3. The molecule has 2 aliphatic rings. The first-order valence-electron chi connectivity index (χ1n) is 11.5. The number of imide groups is 1. The number of hydrogen-bond acceptors (Lipinski definition) is 7. The highest BCUT2D eigenvalue weighted by molar-refractivity contribution is 7.92. The zero-order valence-corrected chi connectivity index (χ0v) is 22.5. The third-order valence-corrected chi connectivity index (χ3v) is 9.72. The molecule has 0 bridgehead atoms. The van der Waals surface area contributed by atoms with Crippen molar-refractivity contribution in [2.75, 3.05) is 9.62 Å². The second-order valence-corrected chi connectivity index (χ2v) is 13.1. The molecule has 3 aromatic rings. The summed E-state index contributed by atoms with van der Waals surface area (Å²) in [6, 6.07) is 9.37. The number of carbonyl (C=O) groups is 2. The SMILES string of the molecule is O=C1N(c2ccc(S(=O)(=O)C(F)(F)F)cc2)C(=O)C2(CC2)N1Cc1ccncc1NS(=O)(=O)c1ccc(Cl)cc1. The van der Waals surface area contributed by atoms with Crippen LogP contribution in [0.25, 0.3) is 0 Å². The summed E-state index contributed by atoms with van der Waals surface area (Å²) >= 11 is 5.84. The lowest BCUT2D eigenvalue weighted by Crippen LogP contribution is -2.36. The van der Waals surface area contributed by atoms with Crippen LogP contribution >= 0.6 is 11.6 Å². The van der Waals surface area contributed by atoms with Gasteiger partial charge in [-0.2, -0.15) is 13.2 Å². The van der Waals surface area contributed by atoms with E-state index in [1.165, 1.54) is 47.6 Å². The molecule has 1 N–H and O–H groups in total. The number of urea groups is 1. The van der Waals surface area contributed by atoms with E-state index >= 15 is 0 Å². The quantitative estimate of drug-likeness (QED) is 0.392. The Labute approximate surface area is 231 Å². The summed E-state index contributed by atoms with van der Waals surface area (Å²) in [6.07, 6.45) is 3.26. The standard InChI is InChI=1S/C24H18ClF3N4O6S2/c25-16-1-5-19(6-2-16)40(37,38)30-20-13-29-12-9-15(20)14-31-22(34)32(21(33)23(31)10-11-23)17-3-7-18(8-4-17)39(35,36)24(26,27)28/h1-9,12-13,30H,10-11,14H2. The van der Waals surface area contributed by atoms with Crippen molar-refractivity contribution >= 4 is 54.8 Å². The molecule has 0 atom stereocenters. The molecular weight excluding hydrogens is 597 g/mol. The predicted octanol–water partition coefficient (Wildman–Crippen LogP) is 4.33. The largest absolute Gasteiger partial charge is 0.501 e. The molecule has 2 aromatic carbocycles. The van der Waals surface area contributed by atoms with Gasteiger partial charge in [-0.05, 0) is 73.0 Å². The fourth-order valence-corrected chi connectivity index (χ4v) is 6.29. The molecule has 2 heterocycles. The molecule has 1 spiro atoms. The third kappa shape index (κ3) is 4.67. The molecule has 5 rings (SSSR count). The van der Waals surface area contributed by atoms with Gasteiger partial charge in [0, 0.05) is 11.2 Å². The van der Waals surface area contributed by atoms with Crippen molar-refractivity contribution in [1.29, 1.82) is 0 Å². The second-order valence-electron chi connectivity index (χ2n) is 9.08. The summed E-state index contributed by atoms with van der Waals surface area (Å²) in [5, 5.41) is 0.342.